The Kier molecular flexibility index (Phi) is 2.84. The second-order valence-electron chi connectivity index (χ2n) is 3.81. The highest BCUT2D eigenvalue weighted by atomic mass is 32.2. The van der Waals surface area contributed by atoms with Crippen LogP contribution in [0.1, 0.15) is 19.4 Å². The molecular formula is C10H12N2O2S. The summed E-state index contributed by atoms with van der Waals surface area (Å²) in [6.07, 6.45) is 0. The predicted octanol–water partition coefficient (Wildman–Crippen LogP) is 1.14. The predicted molar refractivity (Wildman–Crippen MR) is 56.5 cm³/mol. The highest BCUT2D eigenvalue weighted by molar-refractivity contribution is 7.89. The van der Waals surface area contributed by atoms with Gasteiger partial charge in [0.2, 0.25) is 10.0 Å². The zero-order valence-electron chi connectivity index (χ0n) is 8.56. The molecule has 0 saturated carbocycles. The fourth-order valence-electron chi connectivity index (χ4n) is 1.13. The van der Waals surface area contributed by atoms with Gasteiger partial charge in [0.05, 0.1) is 16.4 Å². The van der Waals surface area contributed by atoms with Crippen molar-refractivity contribution in [3.8, 4) is 6.07 Å². The molecule has 0 amide bonds. The van der Waals surface area contributed by atoms with Crippen LogP contribution >= 0.6 is 0 Å². The summed E-state index contributed by atoms with van der Waals surface area (Å²) in [5.74, 6) is 0. The van der Waals surface area contributed by atoms with Crippen LogP contribution in [0.3, 0.4) is 0 Å². The van der Waals surface area contributed by atoms with Crippen LogP contribution in [-0.4, -0.2) is 8.42 Å². The van der Waals surface area contributed by atoms with Crippen LogP contribution in [0, 0.1) is 11.3 Å². The molecule has 0 aliphatic rings. The van der Waals surface area contributed by atoms with E-state index in [1.54, 1.807) is 26.0 Å². The van der Waals surface area contributed by atoms with Crippen LogP contribution in [-0.2, 0) is 15.4 Å². The van der Waals surface area contributed by atoms with E-state index in [1.165, 1.54) is 12.1 Å². The summed E-state index contributed by atoms with van der Waals surface area (Å²) in [5.41, 5.74) is -0.0859. The van der Waals surface area contributed by atoms with Gasteiger partial charge in [-0.05, 0) is 31.5 Å². The minimum atomic E-state index is -3.70. The van der Waals surface area contributed by atoms with Crippen molar-refractivity contribution < 1.29 is 8.42 Å². The van der Waals surface area contributed by atoms with Crippen molar-refractivity contribution in [2.24, 2.45) is 5.14 Å². The molecule has 4 nitrogen and oxygen atoms in total. The third-order valence-corrected chi connectivity index (χ3v) is 3.07. The number of rotatable bonds is 2. The molecule has 0 bridgehead atoms. The van der Waals surface area contributed by atoms with Crippen LogP contribution in [0.5, 0.6) is 0 Å². The van der Waals surface area contributed by atoms with E-state index in [-0.39, 0.29) is 4.90 Å². The van der Waals surface area contributed by atoms with Crippen molar-refractivity contribution in [3.05, 3.63) is 29.8 Å². The number of benzene rings is 1. The van der Waals surface area contributed by atoms with Crippen LogP contribution in [0.4, 0.5) is 0 Å². The van der Waals surface area contributed by atoms with Crippen LogP contribution in [0.15, 0.2) is 29.2 Å². The Morgan fingerprint density at radius 3 is 2.47 bits per heavy atom. The number of primary sulfonamides is 1. The third-order valence-electron chi connectivity index (χ3n) is 2.16. The fourth-order valence-corrected chi connectivity index (χ4v) is 1.69. The number of nitrogens with two attached hydrogens (primary N) is 1. The number of nitrogens with zero attached hydrogens (tertiary/aromatic N) is 1. The maximum absolute atomic E-state index is 11.1. The Balaban J connectivity index is 3.34. The van der Waals surface area contributed by atoms with Crippen molar-refractivity contribution in [1.29, 1.82) is 5.26 Å². The Morgan fingerprint density at radius 1 is 1.40 bits per heavy atom. The molecule has 0 aromatic heterocycles. The van der Waals surface area contributed by atoms with Gasteiger partial charge in [0, 0.05) is 0 Å². The first kappa shape index (κ1) is 11.7. The normalized spacial score (nSPS) is 12.1. The number of hydrogen-bond acceptors (Lipinski definition) is 3. The lowest BCUT2D eigenvalue weighted by atomic mass is 9.86. The molecule has 1 aromatic carbocycles. The molecule has 5 heteroatoms. The van der Waals surface area contributed by atoms with Crippen molar-refractivity contribution in [2.75, 3.05) is 0 Å². The van der Waals surface area contributed by atoms with Crippen molar-refractivity contribution in [3.63, 3.8) is 0 Å². The first-order chi connectivity index (χ1) is 6.77. The number of nitriles is 1. The summed E-state index contributed by atoms with van der Waals surface area (Å²) in [6.45, 7) is 3.44. The maximum atomic E-state index is 11.1. The number of hydrogen-bond donors (Lipinski definition) is 1. The molecule has 1 aromatic rings. The minimum Gasteiger partial charge on any atom is -0.225 e. The molecular weight excluding hydrogens is 212 g/mol. The van der Waals surface area contributed by atoms with Gasteiger partial charge >= 0.3 is 0 Å². The highest BCUT2D eigenvalue weighted by Gasteiger charge is 2.21. The summed E-state index contributed by atoms with van der Waals surface area (Å²) >= 11 is 0. The van der Waals surface area contributed by atoms with E-state index in [0.29, 0.717) is 5.56 Å². The number of sulfonamides is 1. The first-order valence-corrected chi connectivity index (χ1v) is 5.86. The summed E-state index contributed by atoms with van der Waals surface area (Å²) in [6, 6.07) is 8.22. The molecule has 0 aliphatic heterocycles. The van der Waals surface area contributed by atoms with Gasteiger partial charge in [-0.2, -0.15) is 5.26 Å². The zero-order chi connectivity index (χ0) is 11.7. The van der Waals surface area contributed by atoms with Gasteiger partial charge in [0.15, 0.2) is 0 Å². The molecule has 0 radical (unpaired) electrons. The van der Waals surface area contributed by atoms with Gasteiger partial charge in [-0.1, -0.05) is 12.1 Å². The molecule has 0 unspecified atom stereocenters. The quantitative estimate of drug-likeness (QED) is 0.817. The summed E-state index contributed by atoms with van der Waals surface area (Å²) in [7, 11) is -3.70. The lowest BCUT2D eigenvalue weighted by molar-refractivity contribution is 0.597. The Bertz CT molecular complexity index is 512. The standard InChI is InChI=1S/C10H12N2O2S/c1-10(2,7-11)8-4-3-5-9(6-8)15(12,13)14/h3-6H,1-2H3,(H2,12,13,14). The fraction of sp³-hybridized carbons (Fsp3) is 0.300. The van der Waals surface area contributed by atoms with Gasteiger partial charge in [0.25, 0.3) is 0 Å². The zero-order valence-corrected chi connectivity index (χ0v) is 9.38. The van der Waals surface area contributed by atoms with E-state index in [1.807, 2.05) is 0 Å². The van der Waals surface area contributed by atoms with E-state index >= 15 is 0 Å². The maximum Gasteiger partial charge on any atom is 0.238 e. The first-order valence-electron chi connectivity index (χ1n) is 4.32. The molecule has 0 atom stereocenters. The molecule has 0 aliphatic carbocycles. The van der Waals surface area contributed by atoms with Gasteiger partial charge < -0.3 is 0 Å². The van der Waals surface area contributed by atoms with Crippen LogP contribution < -0.4 is 5.14 Å². The molecule has 80 valence electrons. The average Bonchev–Trinajstić information content (AvgIpc) is 2.17. The monoisotopic (exact) mass is 224 g/mol. The van der Waals surface area contributed by atoms with E-state index in [0.717, 1.165) is 0 Å². The van der Waals surface area contributed by atoms with E-state index < -0.39 is 15.4 Å². The van der Waals surface area contributed by atoms with E-state index in [9.17, 15) is 8.42 Å². The summed E-state index contributed by atoms with van der Waals surface area (Å²) < 4.78 is 22.2. The smallest absolute Gasteiger partial charge is 0.225 e. The molecule has 0 saturated heterocycles. The third kappa shape index (κ3) is 2.55. The summed E-state index contributed by atoms with van der Waals surface area (Å²) in [4.78, 5) is 0.0309. The Labute approximate surface area is 89.4 Å². The van der Waals surface area contributed by atoms with Gasteiger partial charge in [-0.3, -0.25) is 0 Å². The molecule has 0 heterocycles. The van der Waals surface area contributed by atoms with Crippen molar-refractivity contribution in [1.82, 2.24) is 0 Å². The van der Waals surface area contributed by atoms with Gasteiger partial charge in [-0.15, -0.1) is 0 Å². The summed E-state index contributed by atoms with van der Waals surface area (Å²) in [5, 5.41) is 13.9. The molecule has 15 heavy (non-hydrogen) atoms. The van der Waals surface area contributed by atoms with Crippen molar-refractivity contribution in [2.45, 2.75) is 24.2 Å². The second kappa shape index (κ2) is 3.65. The van der Waals surface area contributed by atoms with Gasteiger partial charge in [-0.25, -0.2) is 13.6 Å². The molecule has 2 N–H and O–H groups in total. The molecule has 1 rings (SSSR count). The van der Waals surface area contributed by atoms with E-state index in [4.69, 9.17) is 10.4 Å². The van der Waals surface area contributed by atoms with Crippen molar-refractivity contribution >= 4 is 10.0 Å². The second-order valence-corrected chi connectivity index (χ2v) is 5.37. The minimum absolute atomic E-state index is 0.0309. The topological polar surface area (TPSA) is 83.9 Å². The lowest BCUT2D eigenvalue weighted by Gasteiger charge is -2.16. The lowest BCUT2D eigenvalue weighted by Crippen LogP contribution is -2.17. The largest absolute Gasteiger partial charge is 0.238 e. The molecule has 0 fully saturated rings. The van der Waals surface area contributed by atoms with E-state index in [2.05, 4.69) is 6.07 Å². The highest BCUT2D eigenvalue weighted by Crippen LogP contribution is 2.23. The average molecular weight is 224 g/mol. The Hall–Kier alpha value is -1.38. The molecule has 0 spiro atoms. The van der Waals surface area contributed by atoms with Crippen LogP contribution in [0.25, 0.3) is 0 Å². The van der Waals surface area contributed by atoms with Gasteiger partial charge in [0.1, 0.15) is 0 Å². The van der Waals surface area contributed by atoms with Crippen LogP contribution in [0.2, 0.25) is 0 Å². The SMILES string of the molecule is CC(C)(C#N)c1cccc(S(N)(=O)=O)c1. The Morgan fingerprint density at radius 2 is 2.00 bits per heavy atom.